The van der Waals surface area contributed by atoms with Gasteiger partial charge in [0.05, 0.1) is 18.6 Å². The van der Waals surface area contributed by atoms with Gasteiger partial charge in [-0.15, -0.1) is 0 Å². The van der Waals surface area contributed by atoms with E-state index in [9.17, 15) is 9.59 Å². The molecule has 3 aliphatic rings. The molecule has 9 nitrogen and oxygen atoms in total. The number of hydrogen-bond acceptors (Lipinski definition) is 6. The molecule has 0 spiro atoms. The van der Waals surface area contributed by atoms with Crippen LogP contribution in [0.2, 0.25) is 0 Å². The number of fused-ring (bicyclic) bond motifs is 3. The van der Waals surface area contributed by atoms with Crippen molar-refractivity contribution in [2.45, 2.75) is 18.5 Å². The SMILES string of the molecule is COCCN1C(=O)c2ccccc2C(C(=O)N2CCN(Cc3ccc4c(c3)OCO4)CC2)C1c1c[nH]c2ccccc12. The number of H-pyrrole nitrogens is 1. The first kappa shape index (κ1) is 26.6. The predicted octanol–water partition coefficient (Wildman–Crippen LogP) is 4.17. The first-order chi connectivity index (χ1) is 20.6. The van der Waals surface area contributed by atoms with Gasteiger partial charge in [-0.25, -0.2) is 0 Å². The van der Waals surface area contributed by atoms with Crippen molar-refractivity contribution in [3.63, 3.8) is 0 Å². The third-order valence-electron chi connectivity index (χ3n) is 8.71. The summed E-state index contributed by atoms with van der Waals surface area (Å²) in [5.41, 5.74) is 4.47. The van der Waals surface area contributed by atoms with Gasteiger partial charge in [-0.2, -0.15) is 0 Å². The molecule has 1 saturated heterocycles. The summed E-state index contributed by atoms with van der Waals surface area (Å²) in [6.45, 7) is 4.58. The molecule has 2 unspecified atom stereocenters. The molecule has 3 aliphatic heterocycles. The summed E-state index contributed by atoms with van der Waals surface area (Å²) in [6.07, 6.45) is 1.96. The van der Waals surface area contributed by atoms with E-state index in [1.807, 2.05) is 70.6 Å². The Kier molecular flexibility index (Phi) is 7.05. The van der Waals surface area contributed by atoms with Crippen LogP contribution in [0, 0.1) is 0 Å². The third-order valence-corrected chi connectivity index (χ3v) is 8.71. The quantitative estimate of drug-likeness (QED) is 0.362. The maximum Gasteiger partial charge on any atom is 0.254 e. The van der Waals surface area contributed by atoms with E-state index in [4.69, 9.17) is 14.2 Å². The second kappa shape index (κ2) is 11.2. The molecule has 1 fully saturated rings. The maximum atomic E-state index is 14.6. The Bertz CT molecular complexity index is 1630. The van der Waals surface area contributed by atoms with E-state index in [0.717, 1.165) is 58.7 Å². The van der Waals surface area contributed by atoms with E-state index in [-0.39, 0.29) is 18.6 Å². The van der Waals surface area contributed by atoms with E-state index < -0.39 is 12.0 Å². The lowest BCUT2D eigenvalue weighted by Crippen LogP contribution is -2.53. The monoisotopic (exact) mass is 566 g/mol. The van der Waals surface area contributed by atoms with Crippen LogP contribution in [0.3, 0.4) is 0 Å². The number of aromatic amines is 1. The van der Waals surface area contributed by atoms with Gasteiger partial charge in [0.15, 0.2) is 11.5 Å². The first-order valence-electron chi connectivity index (χ1n) is 14.5. The minimum atomic E-state index is -0.532. The van der Waals surface area contributed by atoms with Gasteiger partial charge in [-0.05, 0) is 35.4 Å². The molecule has 1 aromatic heterocycles. The van der Waals surface area contributed by atoms with Crippen molar-refractivity contribution < 1.29 is 23.8 Å². The molecule has 3 aromatic carbocycles. The first-order valence-corrected chi connectivity index (χ1v) is 14.5. The summed E-state index contributed by atoms with van der Waals surface area (Å²) in [6, 6.07) is 21.2. The van der Waals surface area contributed by atoms with Gasteiger partial charge in [0.2, 0.25) is 12.7 Å². The Hall–Kier alpha value is -4.34. The summed E-state index contributed by atoms with van der Waals surface area (Å²) < 4.78 is 16.4. The molecule has 4 aromatic rings. The molecule has 2 amide bonds. The molecule has 1 N–H and O–H groups in total. The van der Waals surface area contributed by atoms with Crippen molar-refractivity contribution in [1.29, 1.82) is 0 Å². The van der Waals surface area contributed by atoms with E-state index in [1.54, 1.807) is 7.11 Å². The zero-order valence-electron chi connectivity index (χ0n) is 23.6. The summed E-state index contributed by atoms with van der Waals surface area (Å²) in [7, 11) is 1.63. The van der Waals surface area contributed by atoms with E-state index in [0.29, 0.717) is 31.8 Å². The second-order valence-corrected chi connectivity index (χ2v) is 11.1. The lowest BCUT2D eigenvalue weighted by atomic mass is 9.78. The third kappa shape index (κ3) is 4.68. The molecule has 7 rings (SSSR count). The van der Waals surface area contributed by atoms with Crippen LogP contribution in [-0.2, 0) is 16.1 Å². The number of benzene rings is 3. The number of ether oxygens (including phenoxy) is 3. The summed E-state index contributed by atoms with van der Waals surface area (Å²) in [5, 5.41) is 1.02. The molecular weight excluding hydrogens is 532 g/mol. The van der Waals surface area contributed by atoms with Crippen LogP contribution in [0.25, 0.3) is 10.9 Å². The highest BCUT2D eigenvalue weighted by Gasteiger charge is 2.46. The van der Waals surface area contributed by atoms with Gasteiger partial charge in [-0.3, -0.25) is 14.5 Å². The minimum Gasteiger partial charge on any atom is -0.454 e. The zero-order chi connectivity index (χ0) is 28.6. The number of aromatic nitrogens is 1. The fraction of sp³-hybridized carbons (Fsp3) is 0.333. The molecule has 42 heavy (non-hydrogen) atoms. The van der Waals surface area contributed by atoms with Crippen LogP contribution in [0.4, 0.5) is 0 Å². The molecule has 9 heteroatoms. The Morgan fingerprint density at radius 2 is 1.74 bits per heavy atom. The number of hydrogen-bond donors (Lipinski definition) is 1. The standard InChI is InChI=1S/C33H34N4O5/c1-40-17-16-37-31(26-19-34-27-9-5-4-6-23(26)27)30(24-7-2-3-8-25(24)32(37)38)33(39)36-14-12-35(13-15-36)20-22-10-11-28-29(18-22)42-21-41-28/h2-11,18-19,30-31,34H,12-17,20-21H2,1H3. The Morgan fingerprint density at radius 1 is 0.952 bits per heavy atom. The average molecular weight is 567 g/mol. The van der Waals surface area contributed by atoms with Gasteiger partial charge >= 0.3 is 0 Å². The number of nitrogens with one attached hydrogen (secondary N) is 1. The fourth-order valence-corrected chi connectivity index (χ4v) is 6.60. The molecule has 2 atom stereocenters. The molecule has 0 radical (unpaired) electrons. The number of nitrogens with zero attached hydrogens (tertiary/aromatic N) is 3. The van der Waals surface area contributed by atoms with Gasteiger partial charge in [0, 0.05) is 74.6 Å². The van der Waals surface area contributed by atoms with Crippen LogP contribution in [-0.4, -0.2) is 84.7 Å². The maximum absolute atomic E-state index is 14.6. The number of rotatable bonds is 7. The van der Waals surface area contributed by atoms with Crippen molar-refractivity contribution in [3.8, 4) is 11.5 Å². The van der Waals surface area contributed by atoms with Gasteiger partial charge in [-0.1, -0.05) is 42.5 Å². The summed E-state index contributed by atoms with van der Waals surface area (Å²) in [4.78, 5) is 38.0. The van der Waals surface area contributed by atoms with Gasteiger partial charge in [0.1, 0.15) is 0 Å². The van der Waals surface area contributed by atoms with Gasteiger partial charge < -0.3 is 29.0 Å². The van der Waals surface area contributed by atoms with E-state index >= 15 is 0 Å². The minimum absolute atomic E-state index is 0.0513. The Morgan fingerprint density at radius 3 is 2.60 bits per heavy atom. The molecule has 4 heterocycles. The highest BCUT2D eigenvalue weighted by molar-refractivity contribution is 6.02. The largest absolute Gasteiger partial charge is 0.454 e. The molecule has 216 valence electrons. The fourth-order valence-electron chi connectivity index (χ4n) is 6.60. The number of piperazine rings is 1. The molecule has 0 saturated carbocycles. The summed E-state index contributed by atoms with van der Waals surface area (Å²) in [5.74, 6) is 1.01. The van der Waals surface area contributed by atoms with Crippen molar-refractivity contribution in [1.82, 2.24) is 19.7 Å². The number of amides is 2. The topological polar surface area (TPSA) is 87.3 Å². The Balaban J connectivity index is 1.18. The van der Waals surface area contributed by atoms with Crippen LogP contribution < -0.4 is 9.47 Å². The zero-order valence-corrected chi connectivity index (χ0v) is 23.6. The van der Waals surface area contributed by atoms with Crippen molar-refractivity contribution in [3.05, 3.63) is 95.2 Å². The van der Waals surface area contributed by atoms with Crippen LogP contribution in [0.15, 0.2) is 72.9 Å². The van der Waals surface area contributed by atoms with Crippen LogP contribution in [0.1, 0.15) is 39.0 Å². The normalized spacial score (nSPS) is 20.3. The predicted molar refractivity (Wildman–Crippen MR) is 158 cm³/mol. The smallest absolute Gasteiger partial charge is 0.254 e. The highest BCUT2D eigenvalue weighted by atomic mass is 16.7. The molecule has 0 bridgehead atoms. The molecular formula is C33H34N4O5. The molecule has 0 aliphatic carbocycles. The second-order valence-electron chi connectivity index (χ2n) is 11.1. The number of para-hydroxylation sites is 1. The van der Waals surface area contributed by atoms with Gasteiger partial charge in [0.25, 0.3) is 5.91 Å². The van der Waals surface area contributed by atoms with E-state index in [2.05, 4.69) is 22.0 Å². The average Bonchev–Trinajstić information content (AvgIpc) is 3.67. The van der Waals surface area contributed by atoms with Crippen LogP contribution >= 0.6 is 0 Å². The van der Waals surface area contributed by atoms with Crippen LogP contribution in [0.5, 0.6) is 11.5 Å². The van der Waals surface area contributed by atoms with Crippen molar-refractivity contribution in [2.75, 3.05) is 53.2 Å². The number of carbonyl (C=O) groups is 2. The number of carbonyl (C=O) groups excluding carboxylic acids is 2. The van der Waals surface area contributed by atoms with Crippen molar-refractivity contribution in [2.24, 2.45) is 0 Å². The lowest BCUT2D eigenvalue weighted by Gasteiger charge is -2.44. The Labute approximate surface area is 244 Å². The lowest BCUT2D eigenvalue weighted by molar-refractivity contribution is -0.136. The number of methoxy groups -OCH3 is 1. The summed E-state index contributed by atoms with van der Waals surface area (Å²) >= 11 is 0. The van der Waals surface area contributed by atoms with Crippen molar-refractivity contribution >= 4 is 22.7 Å². The van der Waals surface area contributed by atoms with E-state index in [1.165, 1.54) is 0 Å². The highest BCUT2D eigenvalue weighted by Crippen LogP contribution is 2.45.